The van der Waals surface area contributed by atoms with Crippen molar-refractivity contribution in [2.24, 2.45) is 0 Å². The number of carbonyl (C=O) groups is 1. The number of carboxylic acids is 1. The molecule has 0 amide bonds. The normalized spacial score (nSPS) is 10.2. The van der Waals surface area contributed by atoms with Gasteiger partial charge in [-0.05, 0) is 17.7 Å². The van der Waals surface area contributed by atoms with Gasteiger partial charge in [-0.2, -0.15) is 0 Å². The lowest BCUT2D eigenvalue weighted by atomic mass is 10.1. The molecule has 0 aliphatic carbocycles. The van der Waals surface area contributed by atoms with Crippen molar-refractivity contribution in [3.05, 3.63) is 74.2 Å². The number of pyridine rings is 1. The van der Waals surface area contributed by atoms with Crippen molar-refractivity contribution < 1.29 is 14.8 Å². The van der Waals surface area contributed by atoms with Crippen LogP contribution in [0.3, 0.4) is 0 Å². The Bertz CT molecular complexity index is 718. The van der Waals surface area contributed by atoms with Gasteiger partial charge in [0.15, 0.2) is 0 Å². The van der Waals surface area contributed by atoms with E-state index in [2.05, 4.69) is 0 Å². The molecule has 0 aliphatic heterocycles. The lowest BCUT2D eigenvalue weighted by Gasteiger charge is -2.05. The zero-order valence-electron chi connectivity index (χ0n) is 10.2. The number of nitro groups is 1. The van der Waals surface area contributed by atoms with Crippen molar-refractivity contribution in [3.8, 4) is 0 Å². The molecule has 2 rings (SSSR count). The molecule has 102 valence electrons. The molecule has 0 fully saturated rings. The first-order valence-electron chi connectivity index (χ1n) is 5.64. The third-order valence-electron chi connectivity index (χ3n) is 2.73. The Morgan fingerprint density at radius 2 is 1.85 bits per heavy atom. The molecule has 1 aromatic carbocycles. The van der Waals surface area contributed by atoms with Gasteiger partial charge in [0.05, 0.1) is 23.2 Å². The van der Waals surface area contributed by atoms with Crippen LogP contribution < -0.4 is 5.56 Å². The lowest BCUT2D eigenvalue weighted by molar-refractivity contribution is -0.385. The minimum atomic E-state index is -1.04. The lowest BCUT2D eigenvalue weighted by Crippen LogP contribution is -2.19. The Kier molecular flexibility index (Phi) is 3.60. The topological polar surface area (TPSA) is 102 Å². The maximum Gasteiger partial charge on any atom is 0.335 e. The van der Waals surface area contributed by atoms with E-state index in [0.717, 1.165) is 18.3 Å². The first-order valence-corrected chi connectivity index (χ1v) is 5.64. The standard InChI is InChI=1S/C13H10N2O5/c16-12-6-5-11(15(19)20)8-14(12)7-9-1-3-10(4-2-9)13(17)18/h1-6,8H,7H2,(H,17,18). The second kappa shape index (κ2) is 5.35. The summed E-state index contributed by atoms with van der Waals surface area (Å²) in [5, 5.41) is 19.4. The highest BCUT2D eigenvalue weighted by atomic mass is 16.6. The van der Waals surface area contributed by atoms with Crippen LogP contribution in [0.5, 0.6) is 0 Å². The van der Waals surface area contributed by atoms with Gasteiger partial charge in [0.2, 0.25) is 0 Å². The smallest absolute Gasteiger partial charge is 0.335 e. The van der Waals surface area contributed by atoms with Crippen LogP contribution in [0.2, 0.25) is 0 Å². The molecule has 0 atom stereocenters. The summed E-state index contributed by atoms with van der Waals surface area (Å²) in [6.45, 7) is 0.139. The Balaban J connectivity index is 2.29. The number of aromatic nitrogens is 1. The molecule has 0 radical (unpaired) electrons. The van der Waals surface area contributed by atoms with Crippen LogP contribution in [0.4, 0.5) is 5.69 Å². The fourth-order valence-electron chi connectivity index (χ4n) is 1.70. The largest absolute Gasteiger partial charge is 0.478 e. The van der Waals surface area contributed by atoms with Crippen molar-refractivity contribution in [3.63, 3.8) is 0 Å². The van der Waals surface area contributed by atoms with Crippen molar-refractivity contribution >= 4 is 11.7 Å². The number of hydrogen-bond donors (Lipinski definition) is 1. The van der Waals surface area contributed by atoms with E-state index in [1.165, 1.54) is 16.7 Å². The van der Waals surface area contributed by atoms with Gasteiger partial charge in [0.25, 0.3) is 11.2 Å². The number of rotatable bonds is 4. The highest BCUT2D eigenvalue weighted by molar-refractivity contribution is 5.87. The molecule has 0 aliphatic rings. The van der Waals surface area contributed by atoms with Gasteiger partial charge in [-0.1, -0.05) is 12.1 Å². The van der Waals surface area contributed by atoms with Crippen LogP contribution in [0.15, 0.2) is 47.4 Å². The summed E-state index contributed by atoms with van der Waals surface area (Å²) in [6.07, 6.45) is 1.16. The summed E-state index contributed by atoms with van der Waals surface area (Å²) in [6, 6.07) is 8.24. The Morgan fingerprint density at radius 3 is 2.40 bits per heavy atom. The van der Waals surface area contributed by atoms with E-state index in [9.17, 15) is 19.7 Å². The molecule has 1 N–H and O–H groups in total. The summed E-state index contributed by atoms with van der Waals surface area (Å²) in [7, 11) is 0. The van der Waals surface area contributed by atoms with Gasteiger partial charge in [0, 0.05) is 12.1 Å². The average molecular weight is 274 g/mol. The molecule has 0 unspecified atom stereocenters. The van der Waals surface area contributed by atoms with Gasteiger partial charge >= 0.3 is 5.97 Å². The number of aromatic carboxylic acids is 1. The first kappa shape index (κ1) is 13.5. The molecule has 0 saturated carbocycles. The number of hydrogen-bond acceptors (Lipinski definition) is 4. The summed E-state index contributed by atoms with van der Waals surface area (Å²) in [4.78, 5) is 32.4. The van der Waals surface area contributed by atoms with Crippen LogP contribution in [0, 0.1) is 10.1 Å². The third kappa shape index (κ3) is 2.89. The van der Waals surface area contributed by atoms with E-state index in [1.807, 2.05) is 0 Å². The predicted molar refractivity (Wildman–Crippen MR) is 69.9 cm³/mol. The molecule has 0 saturated heterocycles. The maximum absolute atomic E-state index is 11.6. The van der Waals surface area contributed by atoms with E-state index < -0.39 is 10.9 Å². The van der Waals surface area contributed by atoms with Gasteiger partial charge in [0.1, 0.15) is 0 Å². The first-order chi connectivity index (χ1) is 9.47. The number of benzene rings is 1. The van der Waals surface area contributed by atoms with Crippen molar-refractivity contribution in [1.82, 2.24) is 4.57 Å². The Morgan fingerprint density at radius 1 is 1.20 bits per heavy atom. The molecule has 0 spiro atoms. The van der Waals surface area contributed by atoms with Gasteiger partial charge in [-0.3, -0.25) is 14.9 Å². The van der Waals surface area contributed by atoms with Gasteiger partial charge in [-0.15, -0.1) is 0 Å². The predicted octanol–water partition coefficient (Wildman–Crippen LogP) is 1.50. The van der Waals surface area contributed by atoms with E-state index in [-0.39, 0.29) is 23.4 Å². The van der Waals surface area contributed by atoms with E-state index in [1.54, 1.807) is 12.1 Å². The van der Waals surface area contributed by atoms with Crippen LogP contribution in [0.25, 0.3) is 0 Å². The molecule has 20 heavy (non-hydrogen) atoms. The third-order valence-corrected chi connectivity index (χ3v) is 2.73. The monoisotopic (exact) mass is 274 g/mol. The fourth-order valence-corrected chi connectivity index (χ4v) is 1.70. The second-order valence-corrected chi connectivity index (χ2v) is 4.11. The van der Waals surface area contributed by atoms with E-state index >= 15 is 0 Å². The van der Waals surface area contributed by atoms with Crippen molar-refractivity contribution in [2.45, 2.75) is 6.54 Å². The summed E-state index contributed by atoms with van der Waals surface area (Å²) in [5.41, 5.74) is 0.280. The molecule has 1 heterocycles. The molecular formula is C13H10N2O5. The highest BCUT2D eigenvalue weighted by Gasteiger charge is 2.08. The molecule has 1 aromatic heterocycles. The zero-order valence-corrected chi connectivity index (χ0v) is 10.2. The molecule has 0 bridgehead atoms. The molecule has 2 aromatic rings. The fraction of sp³-hybridized carbons (Fsp3) is 0.0769. The second-order valence-electron chi connectivity index (χ2n) is 4.11. The Hall–Kier alpha value is -2.96. The summed E-state index contributed by atoms with van der Waals surface area (Å²) in [5.74, 6) is -1.04. The maximum atomic E-state index is 11.6. The van der Waals surface area contributed by atoms with Crippen molar-refractivity contribution in [1.29, 1.82) is 0 Å². The summed E-state index contributed by atoms with van der Waals surface area (Å²) >= 11 is 0. The highest BCUT2D eigenvalue weighted by Crippen LogP contribution is 2.09. The van der Waals surface area contributed by atoms with Gasteiger partial charge in [-0.25, -0.2) is 4.79 Å². The van der Waals surface area contributed by atoms with Crippen LogP contribution in [-0.2, 0) is 6.54 Å². The molecule has 7 heteroatoms. The minimum absolute atomic E-state index is 0.139. The summed E-state index contributed by atoms with van der Waals surface area (Å²) < 4.78 is 1.20. The zero-order chi connectivity index (χ0) is 14.7. The Labute approximate surface area is 112 Å². The average Bonchev–Trinajstić information content (AvgIpc) is 2.41. The quantitative estimate of drug-likeness (QED) is 0.672. The molecule has 7 nitrogen and oxygen atoms in total. The van der Waals surface area contributed by atoms with E-state index in [4.69, 9.17) is 5.11 Å². The van der Waals surface area contributed by atoms with Crippen LogP contribution >= 0.6 is 0 Å². The van der Waals surface area contributed by atoms with E-state index in [0.29, 0.717) is 5.56 Å². The van der Waals surface area contributed by atoms with Crippen molar-refractivity contribution in [2.75, 3.05) is 0 Å². The minimum Gasteiger partial charge on any atom is -0.478 e. The number of nitrogens with zero attached hydrogens (tertiary/aromatic N) is 2. The number of carboxylic acid groups (broad SMARTS) is 1. The SMILES string of the molecule is O=C(O)c1ccc(Cn2cc([N+](=O)[O-])ccc2=O)cc1. The van der Waals surface area contributed by atoms with Gasteiger partial charge < -0.3 is 9.67 Å². The van der Waals surface area contributed by atoms with Crippen LogP contribution in [-0.4, -0.2) is 20.6 Å². The van der Waals surface area contributed by atoms with Crippen LogP contribution in [0.1, 0.15) is 15.9 Å². The molecular weight excluding hydrogens is 264 g/mol.